The van der Waals surface area contributed by atoms with Gasteiger partial charge in [0, 0.05) is 13.1 Å². The predicted octanol–water partition coefficient (Wildman–Crippen LogP) is -1.02. The highest BCUT2D eigenvalue weighted by Crippen LogP contribution is 1.99. The third-order valence-corrected chi connectivity index (χ3v) is 2.01. The number of hydrogen-bond acceptors (Lipinski definition) is 3. The predicted molar refractivity (Wildman–Crippen MR) is 46.1 cm³/mol. The van der Waals surface area contributed by atoms with Crippen LogP contribution in [0.3, 0.4) is 0 Å². The fourth-order valence-corrected chi connectivity index (χ4v) is 1.23. The number of nitrogens with one attached hydrogen (secondary N) is 1. The topological polar surface area (TPSA) is 58.6 Å². The molecule has 0 aliphatic carbocycles. The van der Waals surface area contributed by atoms with Crippen LogP contribution in [0.1, 0.15) is 6.92 Å². The SMILES string of the molecule is CC(NC=O)C(=O)N1CCOCC1. The Morgan fingerprint density at radius 2 is 2.15 bits per heavy atom. The Labute approximate surface area is 77.0 Å². The van der Waals surface area contributed by atoms with Crippen LogP contribution in [0, 0.1) is 0 Å². The van der Waals surface area contributed by atoms with E-state index < -0.39 is 6.04 Å². The maximum atomic E-state index is 11.5. The molecule has 74 valence electrons. The Hall–Kier alpha value is -1.10. The summed E-state index contributed by atoms with van der Waals surface area (Å²) in [6.07, 6.45) is 0.545. The van der Waals surface area contributed by atoms with E-state index in [0.717, 1.165) is 0 Å². The summed E-state index contributed by atoms with van der Waals surface area (Å²) in [4.78, 5) is 23.3. The van der Waals surface area contributed by atoms with Crippen molar-refractivity contribution in [1.29, 1.82) is 0 Å². The lowest BCUT2D eigenvalue weighted by Crippen LogP contribution is -2.48. The van der Waals surface area contributed by atoms with Gasteiger partial charge in [-0.1, -0.05) is 0 Å². The Balaban J connectivity index is 2.40. The summed E-state index contributed by atoms with van der Waals surface area (Å²) in [5, 5.41) is 2.43. The van der Waals surface area contributed by atoms with Gasteiger partial charge in [-0.2, -0.15) is 0 Å². The van der Waals surface area contributed by atoms with Crippen molar-refractivity contribution in [3.05, 3.63) is 0 Å². The van der Waals surface area contributed by atoms with E-state index in [-0.39, 0.29) is 5.91 Å². The quantitative estimate of drug-likeness (QED) is 0.574. The minimum atomic E-state index is -0.435. The molecule has 5 nitrogen and oxygen atoms in total. The van der Waals surface area contributed by atoms with Crippen LogP contribution in [-0.2, 0) is 14.3 Å². The molecule has 1 unspecified atom stereocenters. The molecular weight excluding hydrogens is 172 g/mol. The van der Waals surface area contributed by atoms with E-state index in [2.05, 4.69) is 5.32 Å². The van der Waals surface area contributed by atoms with Gasteiger partial charge in [-0.05, 0) is 6.92 Å². The van der Waals surface area contributed by atoms with Gasteiger partial charge in [0.05, 0.1) is 13.2 Å². The van der Waals surface area contributed by atoms with Gasteiger partial charge in [0.25, 0.3) is 0 Å². The lowest BCUT2D eigenvalue weighted by atomic mass is 10.2. The zero-order chi connectivity index (χ0) is 9.68. The minimum Gasteiger partial charge on any atom is -0.378 e. The van der Waals surface area contributed by atoms with Crippen molar-refractivity contribution < 1.29 is 14.3 Å². The Morgan fingerprint density at radius 1 is 1.54 bits per heavy atom. The van der Waals surface area contributed by atoms with Crippen molar-refractivity contribution in [2.75, 3.05) is 26.3 Å². The van der Waals surface area contributed by atoms with Crippen molar-refractivity contribution in [2.24, 2.45) is 0 Å². The van der Waals surface area contributed by atoms with Gasteiger partial charge in [-0.3, -0.25) is 9.59 Å². The number of nitrogens with zero attached hydrogens (tertiary/aromatic N) is 1. The summed E-state index contributed by atoms with van der Waals surface area (Å²) < 4.78 is 5.11. The van der Waals surface area contributed by atoms with Crippen LogP contribution in [0.4, 0.5) is 0 Å². The molecule has 1 N–H and O–H groups in total. The lowest BCUT2D eigenvalue weighted by molar-refractivity contribution is -0.138. The van der Waals surface area contributed by atoms with E-state index in [4.69, 9.17) is 4.74 Å². The second-order valence-corrected chi connectivity index (χ2v) is 2.94. The van der Waals surface area contributed by atoms with Crippen LogP contribution in [-0.4, -0.2) is 49.6 Å². The van der Waals surface area contributed by atoms with Gasteiger partial charge in [0.1, 0.15) is 6.04 Å². The summed E-state index contributed by atoms with van der Waals surface area (Å²) >= 11 is 0. The smallest absolute Gasteiger partial charge is 0.245 e. The fraction of sp³-hybridized carbons (Fsp3) is 0.750. The van der Waals surface area contributed by atoms with Gasteiger partial charge in [-0.15, -0.1) is 0 Å². The summed E-state index contributed by atoms with van der Waals surface area (Å²) in [5.74, 6) is -0.0459. The van der Waals surface area contributed by atoms with Crippen LogP contribution in [0.15, 0.2) is 0 Å². The first-order valence-electron chi connectivity index (χ1n) is 4.32. The average Bonchev–Trinajstić information content (AvgIpc) is 2.18. The molecule has 0 aromatic heterocycles. The van der Waals surface area contributed by atoms with Crippen molar-refractivity contribution in [1.82, 2.24) is 10.2 Å². The molecule has 1 fully saturated rings. The summed E-state index contributed by atoms with van der Waals surface area (Å²) in [6.45, 7) is 4.07. The van der Waals surface area contributed by atoms with Crippen molar-refractivity contribution in [3.8, 4) is 0 Å². The second kappa shape index (κ2) is 4.81. The number of morpholine rings is 1. The largest absolute Gasteiger partial charge is 0.378 e. The molecule has 1 saturated heterocycles. The van der Waals surface area contributed by atoms with E-state index in [1.165, 1.54) is 0 Å². The van der Waals surface area contributed by atoms with Gasteiger partial charge >= 0.3 is 0 Å². The fourth-order valence-electron chi connectivity index (χ4n) is 1.23. The average molecular weight is 186 g/mol. The van der Waals surface area contributed by atoms with E-state index in [0.29, 0.717) is 32.7 Å². The highest BCUT2D eigenvalue weighted by molar-refractivity contribution is 5.83. The molecule has 5 heteroatoms. The highest BCUT2D eigenvalue weighted by Gasteiger charge is 2.21. The van der Waals surface area contributed by atoms with E-state index in [9.17, 15) is 9.59 Å². The Morgan fingerprint density at radius 3 is 2.69 bits per heavy atom. The maximum absolute atomic E-state index is 11.5. The van der Waals surface area contributed by atoms with Crippen LogP contribution >= 0.6 is 0 Å². The number of carbonyl (C=O) groups is 2. The third-order valence-electron chi connectivity index (χ3n) is 2.01. The van der Waals surface area contributed by atoms with E-state index in [1.54, 1.807) is 11.8 Å². The van der Waals surface area contributed by atoms with Crippen molar-refractivity contribution >= 4 is 12.3 Å². The number of rotatable bonds is 3. The van der Waals surface area contributed by atoms with Gasteiger partial charge in [0.2, 0.25) is 12.3 Å². The van der Waals surface area contributed by atoms with Gasteiger partial charge in [0.15, 0.2) is 0 Å². The molecule has 0 bridgehead atoms. The summed E-state index contributed by atoms with van der Waals surface area (Å²) in [6, 6.07) is -0.435. The Kier molecular flexibility index (Phi) is 3.70. The van der Waals surface area contributed by atoms with Gasteiger partial charge in [-0.25, -0.2) is 0 Å². The Bertz CT molecular complexity index is 190. The summed E-state index contributed by atoms with van der Waals surface area (Å²) in [7, 11) is 0. The van der Waals surface area contributed by atoms with E-state index >= 15 is 0 Å². The molecule has 1 aliphatic heterocycles. The molecule has 13 heavy (non-hydrogen) atoms. The monoisotopic (exact) mass is 186 g/mol. The molecule has 0 spiro atoms. The highest BCUT2D eigenvalue weighted by atomic mass is 16.5. The number of amides is 2. The zero-order valence-corrected chi connectivity index (χ0v) is 7.66. The first kappa shape index (κ1) is 9.98. The minimum absolute atomic E-state index is 0.0459. The summed E-state index contributed by atoms with van der Waals surface area (Å²) in [5.41, 5.74) is 0. The third kappa shape index (κ3) is 2.69. The number of ether oxygens (including phenoxy) is 1. The molecule has 1 atom stereocenters. The van der Waals surface area contributed by atoms with Crippen LogP contribution in [0.25, 0.3) is 0 Å². The molecule has 2 amide bonds. The standard InChI is InChI=1S/C8H14N2O3/c1-7(9-6-11)8(12)10-2-4-13-5-3-10/h6-7H,2-5H2,1H3,(H,9,11). The van der Waals surface area contributed by atoms with Crippen molar-refractivity contribution in [3.63, 3.8) is 0 Å². The second-order valence-electron chi connectivity index (χ2n) is 2.94. The maximum Gasteiger partial charge on any atom is 0.245 e. The first-order valence-corrected chi connectivity index (χ1v) is 4.32. The normalized spacial score (nSPS) is 19.3. The van der Waals surface area contributed by atoms with Crippen LogP contribution < -0.4 is 5.32 Å². The molecule has 0 saturated carbocycles. The molecule has 0 radical (unpaired) electrons. The number of carbonyl (C=O) groups excluding carboxylic acids is 2. The molecule has 0 aromatic carbocycles. The molecule has 0 aromatic rings. The first-order chi connectivity index (χ1) is 6.25. The molecule has 1 rings (SSSR count). The van der Waals surface area contributed by atoms with Gasteiger partial charge < -0.3 is 15.0 Å². The zero-order valence-electron chi connectivity index (χ0n) is 7.66. The van der Waals surface area contributed by atoms with Crippen LogP contribution in [0.5, 0.6) is 0 Å². The molecule has 1 aliphatic rings. The van der Waals surface area contributed by atoms with Crippen LogP contribution in [0.2, 0.25) is 0 Å². The van der Waals surface area contributed by atoms with E-state index in [1.807, 2.05) is 0 Å². The lowest BCUT2D eigenvalue weighted by Gasteiger charge is -2.28. The van der Waals surface area contributed by atoms with Crippen molar-refractivity contribution in [2.45, 2.75) is 13.0 Å². The molecular formula is C8H14N2O3. The number of hydrogen-bond donors (Lipinski definition) is 1. The molecule has 1 heterocycles.